The largest absolute Gasteiger partial charge is 0.484 e. The van der Waals surface area contributed by atoms with Gasteiger partial charge in [-0.3, -0.25) is 9.59 Å². The Morgan fingerprint density at radius 3 is 2.33 bits per heavy atom. The number of hydrogen-bond acceptors (Lipinski definition) is 5. The van der Waals surface area contributed by atoms with E-state index in [2.05, 4.69) is 10.6 Å². The molecular formula is C24H27ClFN3O4. The maximum atomic E-state index is 13.4. The molecule has 33 heavy (non-hydrogen) atoms. The van der Waals surface area contributed by atoms with E-state index >= 15 is 0 Å². The lowest BCUT2D eigenvalue weighted by molar-refractivity contribution is -0.152. The molecule has 0 aromatic heterocycles. The predicted molar refractivity (Wildman–Crippen MR) is 123 cm³/mol. The number of amides is 2. The third-order valence-corrected chi connectivity index (χ3v) is 6.34. The molecule has 0 radical (unpaired) electrons. The fraction of sp³-hybridized carbons (Fsp3) is 0.417. The Kier molecular flexibility index (Phi) is 6.50. The first-order valence-corrected chi connectivity index (χ1v) is 11.1. The molecule has 2 aromatic carbocycles. The van der Waals surface area contributed by atoms with Crippen molar-refractivity contribution in [2.45, 2.75) is 36.9 Å². The highest BCUT2D eigenvalue weighted by atomic mass is 35.5. The molecule has 0 spiro atoms. The van der Waals surface area contributed by atoms with Crippen molar-refractivity contribution in [3.63, 3.8) is 0 Å². The minimum atomic E-state index is -0.599. The van der Waals surface area contributed by atoms with Gasteiger partial charge in [0.05, 0.1) is 11.6 Å². The molecule has 0 heterocycles. The van der Waals surface area contributed by atoms with Gasteiger partial charge >= 0.3 is 0 Å². The van der Waals surface area contributed by atoms with Crippen LogP contribution in [-0.2, 0) is 20.9 Å². The first-order valence-electron chi connectivity index (χ1n) is 10.7. The lowest BCUT2D eigenvalue weighted by Gasteiger charge is -2.70. The molecule has 0 saturated heterocycles. The lowest BCUT2D eigenvalue weighted by atomic mass is 9.44. The van der Waals surface area contributed by atoms with Crippen LogP contribution < -0.4 is 20.3 Å². The number of carbonyl (C=O) groups excluding carboxylic acids is 2. The summed E-state index contributed by atoms with van der Waals surface area (Å²) in [5.74, 6) is -0.806. The number of benzene rings is 2. The molecule has 2 N–H and O–H groups in total. The van der Waals surface area contributed by atoms with E-state index < -0.39 is 5.82 Å². The van der Waals surface area contributed by atoms with Crippen LogP contribution in [0, 0.1) is 5.82 Å². The monoisotopic (exact) mass is 475 g/mol. The number of rotatable bonds is 10. The van der Waals surface area contributed by atoms with Crippen LogP contribution in [0.25, 0.3) is 0 Å². The quantitative estimate of drug-likeness (QED) is 0.552. The fourth-order valence-electron chi connectivity index (χ4n) is 4.62. The summed E-state index contributed by atoms with van der Waals surface area (Å²) >= 11 is 5.63. The highest BCUT2D eigenvalue weighted by molar-refractivity contribution is 6.30. The number of hydrogen-bond donors (Lipinski definition) is 2. The van der Waals surface area contributed by atoms with Crippen molar-refractivity contribution in [2.24, 2.45) is 0 Å². The molecule has 7 nitrogen and oxygen atoms in total. The van der Waals surface area contributed by atoms with Crippen LogP contribution in [0.3, 0.4) is 0 Å². The van der Waals surface area contributed by atoms with Gasteiger partial charge in [0.15, 0.2) is 6.61 Å². The van der Waals surface area contributed by atoms with Crippen LogP contribution in [-0.4, -0.2) is 50.2 Å². The zero-order chi connectivity index (χ0) is 23.6. The van der Waals surface area contributed by atoms with E-state index in [0.29, 0.717) is 25.9 Å². The fourth-order valence-corrected chi connectivity index (χ4v) is 4.74. The van der Waals surface area contributed by atoms with E-state index in [0.717, 1.165) is 17.3 Å². The predicted octanol–water partition coefficient (Wildman–Crippen LogP) is 3.05. The Hall–Kier alpha value is -2.84. The first kappa shape index (κ1) is 23.3. The molecule has 2 aromatic rings. The van der Waals surface area contributed by atoms with Gasteiger partial charge in [0.25, 0.3) is 5.91 Å². The molecule has 3 aliphatic rings. The lowest BCUT2D eigenvalue weighted by Crippen LogP contribution is -2.84. The Balaban J connectivity index is 1.14. The summed E-state index contributed by atoms with van der Waals surface area (Å²) in [6.07, 6.45) is 2.04. The van der Waals surface area contributed by atoms with Crippen molar-refractivity contribution in [2.75, 3.05) is 32.2 Å². The Bertz CT molecular complexity index is 1040. The van der Waals surface area contributed by atoms with Crippen LogP contribution in [0.4, 0.5) is 10.1 Å². The van der Waals surface area contributed by atoms with Gasteiger partial charge in [0.2, 0.25) is 5.91 Å². The van der Waals surface area contributed by atoms with Gasteiger partial charge < -0.3 is 25.0 Å². The maximum absolute atomic E-state index is 13.4. The summed E-state index contributed by atoms with van der Waals surface area (Å²) in [5.41, 5.74) is 1.52. The molecule has 3 aliphatic carbocycles. The molecule has 2 amide bonds. The van der Waals surface area contributed by atoms with Crippen molar-refractivity contribution >= 4 is 29.1 Å². The molecule has 3 fully saturated rings. The van der Waals surface area contributed by atoms with Gasteiger partial charge in [0, 0.05) is 36.9 Å². The van der Waals surface area contributed by atoms with E-state index in [1.165, 1.54) is 12.1 Å². The van der Waals surface area contributed by atoms with E-state index in [-0.39, 0.29) is 46.9 Å². The van der Waals surface area contributed by atoms with Crippen LogP contribution in [0.1, 0.15) is 24.8 Å². The van der Waals surface area contributed by atoms with Crippen molar-refractivity contribution in [3.05, 3.63) is 58.9 Å². The number of ether oxygens (including phenoxy) is 2. The van der Waals surface area contributed by atoms with E-state index in [1.807, 2.05) is 43.3 Å². The second-order valence-electron chi connectivity index (χ2n) is 9.11. The van der Waals surface area contributed by atoms with Crippen LogP contribution in [0.5, 0.6) is 5.75 Å². The smallest absolute Gasteiger partial charge is 0.258 e. The van der Waals surface area contributed by atoms with E-state index in [9.17, 15) is 14.0 Å². The van der Waals surface area contributed by atoms with Gasteiger partial charge in [-0.15, -0.1) is 0 Å². The molecule has 176 valence electrons. The van der Waals surface area contributed by atoms with Crippen molar-refractivity contribution in [1.82, 2.24) is 10.6 Å². The van der Waals surface area contributed by atoms with Gasteiger partial charge in [0.1, 0.15) is 18.2 Å². The third-order valence-electron chi connectivity index (χ3n) is 6.03. The van der Waals surface area contributed by atoms with Crippen molar-refractivity contribution in [3.8, 4) is 5.75 Å². The topological polar surface area (TPSA) is 79.9 Å². The summed E-state index contributed by atoms with van der Waals surface area (Å²) in [6, 6.07) is 12.0. The second kappa shape index (κ2) is 9.19. The Labute approximate surface area is 197 Å². The molecule has 0 unspecified atom stereocenters. The van der Waals surface area contributed by atoms with Crippen LogP contribution >= 0.6 is 11.6 Å². The molecule has 5 rings (SSSR count). The van der Waals surface area contributed by atoms with Crippen molar-refractivity contribution in [1.29, 1.82) is 0 Å². The van der Waals surface area contributed by atoms with E-state index in [4.69, 9.17) is 21.1 Å². The Morgan fingerprint density at radius 2 is 1.70 bits per heavy atom. The summed E-state index contributed by atoms with van der Waals surface area (Å²) in [5, 5.41) is 5.99. The highest BCUT2D eigenvalue weighted by Gasteiger charge is 2.69. The highest BCUT2D eigenvalue weighted by Crippen LogP contribution is 2.60. The molecule has 2 bridgehead atoms. The zero-order valence-electron chi connectivity index (χ0n) is 18.6. The minimum absolute atomic E-state index is 0.00283. The summed E-state index contributed by atoms with van der Waals surface area (Å²) < 4.78 is 24.3. The van der Waals surface area contributed by atoms with Gasteiger partial charge in [-0.25, -0.2) is 4.39 Å². The molecule has 0 atom stereocenters. The summed E-state index contributed by atoms with van der Waals surface area (Å²) in [6.45, 7) is 0.128. The average molecular weight is 476 g/mol. The number of nitrogens with one attached hydrogen (secondary N) is 2. The maximum Gasteiger partial charge on any atom is 0.258 e. The van der Waals surface area contributed by atoms with Crippen LogP contribution in [0.15, 0.2) is 42.5 Å². The molecule has 3 saturated carbocycles. The second-order valence-corrected chi connectivity index (χ2v) is 9.52. The third kappa shape index (κ3) is 5.39. The Morgan fingerprint density at radius 1 is 1.03 bits per heavy atom. The normalized spacial score (nSPS) is 22.5. The number of anilines is 1. The molecule has 9 heteroatoms. The minimum Gasteiger partial charge on any atom is -0.484 e. The van der Waals surface area contributed by atoms with Crippen molar-refractivity contribution < 1.29 is 23.5 Å². The summed E-state index contributed by atoms with van der Waals surface area (Å²) in [4.78, 5) is 26.5. The van der Waals surface area contributed by atoms with Crippen LogP contribution in [0.2, 0.25) is 5.02 Å². The number of nitrogens with zero attached hydrogens (tertiary/aromatic N) is 1. The first-order chi connectivity index (χ1) is 15.7. The molecular weight excluding hydrogens is 449 g/mol. The standard InChI is InChI=1S/C24H27ClFN3O4/c1-29(2)17-5-3-4-16(8-17)10-32-11-21(30)27-23-13-24(14-23,15-23)28-22(31)12-33-18-6-7-19(25)20(26)9-18/h3-9H,10-15H2,1-2H3,(H,27,30)(H,28,31). The number of halogens is 2. The van der Waals surface area contributed by atoms with Gasteiger partial charge in [-0.2, -0.15) is 0 Å². The SMILES string of the molecule is CN(C)c1cccc(COCC(=O)NC23CC(NC(=O)COc4ccc(Cl)c(F)c4)(C2)C3)c1. The van der Waals surface area contributed by atoms with Gasteiger partial charge in [-0.1, -0.05) is 23.7 Å². The average Bonchev–Trinajstić information content (AvgIpc) is 2.72. The molecule has 0 aliphatic heterocycles. The number of carbonyl (C=O) groups is 2. The summed E-state index contributed by atoms with van der Waals surface area (Å²) in [7, 11) is 3.94. The van der Waals surface area contributed by atoms with Gasteiger partial charge in [-0.05, 0) is 49.1 Å². The zero-order valence-corrected chi connectivity index (χ0v) is 19.4. The van der Waals surface area contributed by atoms with E-state index in [1.54, 1.807) is 0 Å².